The summed E-state index contributed by atoms with van der Waals surface area (Å²) in [5.41, 5.74) is -4.83. The summed E-state index contributed by atoms with van der Waals surface area (Å²) in [5, 5.41) is 19.4. The highest BCUT2D eigenvalue weighted by Crippen LogP contribution is 2.34. The summed E-state index contributed by atoms with van der Waals surface area (Å²) < 4.78 is 53.2. The fourth-order valence-corrected chi connectivity index (χ4v) is 1.94. The second-order valence-electron chi connectivity index (χ2n) is 4.26. The lowest BCUT2D eigenvalue weighted by Gasteiger charge is -2.25. The average molecular weight is 395 g/mol. The molecule has 0 aromatic heterocycles. The summed E-state index contributed by atoms with van der Waals surface area (Å²) >= 11 is 2.94. The van der Waals surface area contributed by atoms with Crippen LogP contribution < -0.4 is 0 Å². The van der Waals surface area contributed by atoms with Crippen LogP contribution >= 0.6 is 15.9 Å². The molecule has 0 amide bonds. The predicted octanol–water partition coefficient (Wildman–Crippen LogP) is 3.57. The topological polar surface area (TPSA) is 57.5 Å². The van der Waals surface area contributed by atoms with Crippen LogP contribution in [0.2, 0.25) is 0 Å². The Balaban J connectivity index is 0.00000127. The fourth-order valence-electron chi connectivity index (χ4n) is 1.94. The Kier molecular flexibility index (Phi) is 6.28. The van der Waals surface area contributed by atoms with Gasteiger partial charge in [0.2, 0.25) is 5.60 Å². The molecule has 0 aliphatic rings. The molecule has 124 valence electrons. The normalized spacial score (nSPS) is 10.7. The molecule has 0 spiro atoms. The number of hydrogen-bond acceptors (Lipinski definition) is 2. The zero-order chi connectivity index (χ0) is 17.8. The van der Waals surface area contributed by atoms with E-state index in [1.807, 2.05) is 5.83 Å². The predicted molar refractivity (Wildman–Crippen MR) is 78.2 cm³/mol. The van der Waals surface area contributed by atoms with Gasteiger partial charge in [-0.25, -0.2) is 22.4 Å². The molecule has 2 aromatic carbocycles. The Morgan fingerprint density at radius 2 is 1.26 bits per heavy atom. The highest BCUT2D eigenvalue weighted by Gasteiger charge is 2.44. The number of aliphatic hydroxyl groups is 1. The van der Waals surface area contributed by atoms with E-state index in [0.29, 0.717) is 36.4 Å². The molecule has 2 N–H and O–H groups in total. The molecule has 0 bridgehead atoms. The second kappa shape index (κ2) is 7.56. The van der Waals surface area contributed by atoms with Crippen LogP contribution in [0.15, 0.2) is 36.4 Å². The number of aliphatic carboxylic acids is 1. The van der Waals surface area contributed by atoms with Gasteiger partial charge in [-0.15, -0.1) is 0 Å². The summed E-state index contributed by atoms with van der Waals surface area (Å²) in [4.78, 5) is 11.3. The zero-order valence-electron chi connectivity index (χ0n) is 11.7. The van der Waals surface area contributed by atoms with Crippen molar-refractivity contribution in [3.05, 3.63) is 70.8 Å². The van der Waals surface area contributed by atoms with E-state index in [1.54, 1.807) is 0 Å². The van der Waals surface area contributed by atoms with Gasteiger partial charge < -0.3 is 10.2 Å². The first kappa shape index (κ1) is 19.1. The number of carboxylic acids is 1. The number of rotatable bonds is 3. The Morgan fingerprint density at radius 3 is 1.52 bits per heavy atom. The van der Waals surface area contributed by atoms with Gasteiger partial charge >= 0.3 is 5.97 Å². The van der Waals surface area contributed by atoms with E-state index in [1.165, 1.54) is 0 Å². The van der Waals surface area contributed by atoms with Crippen LogP contribution in [0.25, 0.3) is 0 Å². The average Bonchev–Trinajstić information content (AvgIpc) is 2.48. The number of carboxylic acid groups (broad SMARTS) is 1. The lowest BCUT2D eigenvalue weighted by atomic mass is 9.85. The van der Waals surface area contributed by atoms with E-state index in [-0.39, 0.29) is 0 Å². The monoisotopic (exact) mass is 394 g/mol. The first-order valence-corrected chi connectivity index (χ1v) is 7.60. The largest absolute Gasteiger partial charge is 0.479 e. The summed E-state index contributed by atoms with van der Waals surface area (Å²) in [7, 11) is 0. The van der Waals surface area contributed by atoms with Gasteiger partial charge in [0.05, 0.1) is 0 Å². The van der Waals surface area contributed by atoms with Gasteiger partial charge in [0, 0.05) is 23.3 Å². The molecule has 3 nitrogen and oxygen atoms in total. The standard InChI is InChI=1S/C14H8F4O3.CH3Br/c15-7-1-3-9(11(17)5-7)14(21,13(19)20)10-4-2-8(16)6-12(10)18;1-2/h1-6,21H,(H,19,20);1H3. The first-order chi connectivity index (χ1) is 10.8. The van der Waals surface area contributed by atoms with Crippen LogP contribution in [0.5, 0.6) is 0 Å². The van der Waals surface area contributed by atoms with Gasteiger partial charge in [0.25, 0.3) is 0 Å². The van der Waals surface area contributed by atoms with Gasteiger partial charge in [-0.05, 0) is 30.1 Å². The van der Waals surface area contributed by atoms with E-state index < -0.39 is 46.0 Å². The van der Waals surface area contributed by atoms with Crippen molar-refractivity contribution < 1.29 is 32.6 Å². The summed E-state index contributed by atoms with van der Waals surface area (Å²) in [5.74, 6) is -4.91. The molecule has 2 aromatic rings. The molecule has 0 fully saturated rings. The third kappa shape index (κ3) is 3.70. The van der Waals surface area contributed by atoms with Crippen molar-refractivity contribution >= 4 is 21.9 Å². The maximum absolute atomic E-state index is 13.7. The van der Waals surface area contributed by atoms with E-state index in [0.717, 1.165) is 0 Å². The van der Waals surface area contributed by atoms with Crippen molar-refractivity contribution in [2.75, 3.05) is 5.83 Å². The molecule has 0 heterocycles. The maximum atomic E-state index is 13.7. The Morgan fingerprint density at radius 1 is 0.913 bits per heavy atom. The number of carbonyl (C=O) groups is 1. The van der Waals surface area contributed by atoms with Gasteiger partial charge in [0.1, 0.15) is 23.3 Å². The van der Waals surface area contributed by atoms with E-state index >= 15 is 0 Å². The van der Waals surface area contributed by atoms with Crippen molar-refractivity contribution in [2.24, 2.45) is 0 Å². The third-order valence-corrected chi connectivity index (χ3v) is 2.95. The smallest absolute Gasteiger partial charge is 0.345 e. The van der Waals surface area contributed by atoms with Crippen LogP contribution in [-0.2, 0) is 10.4 Å². The molecule has 0 aliphatic heterocycles. The highest BCUT2D eigenvalue weighted by atomic mass is 79.9. The maximum Gasteiger partial charge on any atom is 0.345 e. The van der Waals surface area contributed by atoms with E-state index in [2.05, 4.69) is 15.9 Å². The van der Waals surface area contributed by atoms with Crippen LogP contribution in [-0.4, -0.2) is 22.0 Å². The Labute approximate surface area is 137 Å². The first-order valence-electron chi connectivity index (χ1n) is 6.01. The SMILES string of the molecule is CBr.O=C(O)C(O)(c1ccc(F)cc1F)c1ccc(F)cc1F. The summed E-state index contributed by atoms with van der Waals surface area (Å²) in [6, 6.07) is 3.50. The van der Waals surface area contributed by atoms with Gasteiger partial charge in [-0.1, -0.05) is 15.9 Å². The number of halogens is 5. The van der Waals surface area contributed by atoms with Crippen LogP contribution in [0.4, 0.5) is 17.6 Å². The minimum absolute atomic E-state index is 0.352. The van der Waals surface area contributed by atoms with E-state index in [4.69, 9.17) is 5.11 Å². The van der Waals surface area contributed by atoms with Gasteiger partial charge in [0.15, 0.2) is 0 Å². The van der Waals surface area contributed by atoms with Crippen molar-refractivity contribution in [1.29, 1.82) is 0 Å². The minimum atomic E-state index is -3.12. The molecule has 23 heavy (non-hydrogen) atoms. The van der Waals surface area contributed by atoms with Crippen molar-refractivity contribution in [3.8, 4) is 0 Å². The quantitative estimate of drug-likeness (QED) is 0.617. The molecule has 0 unspecified atom stereocenters. The number of hydrogen-bond donors (Lipinski definition) is 2. The van der Waals surface area contributed by atoms with Crippen molar-refractivity contribution in [1.82, 2.24) is 0 Å². The molecule has 0 radical (unpaired) electrons. The minimum Gasteiger partial charge on any atom is -0.479 e. The molecule has 8 heteroatoms. The molecule has 0 saturated heterocycles. The van der Waals surface area contributed by atoms with Crippen LogP contribution in [0, 0.1) is 23.3 Å². The zero-order valence-corrected chi connectivity index (χ0v) is 13.2. The Bertz CT molecular complexity index is 670. The van der Waals surface area contributed by atoms with Crippen LogP contribution in [0.3, 0.4) is 0 Å². The van der Waals surface area contributed by atoms with E-state index in [9.17, 15) is 27.5 Å². The van der Waals surface area contributed by atoms with Gasteiger partial charge in [-0.2, -0.15) is 0 Å². The fraction of sp³-hybridized carbons (Fsp3) is 0.133. The summed E-state index contributed by atoms with van der Waals surface area (Å²) in [6.07, 6.45) is 0. The third-order valence-electron chi connectivity index (χ3n) is 2.95. The molecule has 0 saturated carbocycles. The van der Waals surface area contributed by atoms with Crippen molar-refractivity contribution in [3.63, 3.8) is 0 Å². The summed E-state index contributed by atoms with van der Waals surface area (Å²) in [6.45, 7) is 0. The molecule has 0 aliphatic carbocycles. The lowest BCUT2D eigenvalue weighted by Crippen LogP contribution is -2.38. The van der Waals surface area contributed by atoms with Gasteiger partial charge in [-0.3, -0.25) is 0 Å². The molecule has 2 rings (SSSR count). The number of alkyl halides is 1. The second-order valence-corrected chi connectivity index (χ2v) is 4.26. The van der Waals surface area contributed by atoms with Crippen LogP contribution in [0.1, 0.15) is 11.1 Å². The molecule has 0 atom stereocenters. The van der Waals surface area contributed by atoms with Crippen molar-refractivity contribution in [2.45, 2.75) is 5.60 Å². The highest BCUT2D eigenvalue weighted by molar-refractivity contribution is 9.08. The molecular formula is C15H11BrF4O3. The molecular weight excluding hydrogens is 384 g/mol. The number of benzene rings is 2. The Hall–Kier alpha value is -1.93. The lowest BCUT2D eigenvalue weighted by molar-refractivity contribution is -0.155.